The third-order valence-corrected chi connectivity index (χ3v) is 2.73. The van der Waals surface area contributed by atoms with Crippen LogP contribution in [0.15, 0.2) is 18.2 Å². The van der Waals surface area contributed by atoms with Gasteiger partial charge in [0.05, 0.1) is 0 Å². The van der Waals surface area contributed by atoms with Crippen molar-refractivity contribution < 1.29 is 19.4 Å². The predicted molar refractivity (Wildman–Crippen MR) is 66.9 cm³/mol. The molecule has 0 fully saturated rings. The molecule has 98 valence electrons. The second kappa shape index (κ2) is 6.26. The minimum atomic E-state index is -1.10. The van der Waals surface area contributed by atoms with E-state index in [-0.39, 0.29) is 6.61 Å². The Kier molecular flexibility index (Phi) is 4.97. The van der Waals surface area contributed by atoms with Gasteiger partial charge in [0, 0.05) is 10.6 Å². The zero-order valence-electron chi connectivity index (χ0n) is 10.1. The van der Waals surface area contributed by atoms with Gasteiger partial charge in [-0.05, 0) is 26.0 Å². The average molecular weight is 272 g/mol. The molecule has 1 atom stereocenters. The minimum absolute atomic E-state index is 0.251. The summed E-state index contributed by atoms with van der Waals surface area (Å²) in [6.07, 6.45) is 0. The Hall–Kier alpha value is -1.75. The van der Waals surface area contributed by atoms with Gasteiger partial charge >= 0.3 is 5.97 Å². The highest BCUT2D eigenvalue weighted by Gasteiger charge is 2.14. The number of carbonyl (C=O) groups excluding carboxylic acids is 1. The summed E-state index contributed by atoms with van der Waals surface area (Å²) in [5, 5.41) is 11.5. The van der Waals surface area contributed by atoms with Crippen LogP contribution in [-0.4, -0.2) is 29.6 Å². The molecule has 0 radical (unpaired) electrons. The Labute approximate surface area is 110 Å². The summed E-state index contributed by atoms with van der Waals surface area (Å²) >= 11 is 5.90. The molecule has 0 heterocycles. The molecule has 1 aromatic rings. The van der Waals surface area contributed by atoms with E-state index in [2.05, 4.69) is 5.32 Å². The first-order valence-corrected chi connectivity index (χ1v) is 5.69. The molecule has 0 bridgehead atoms. The number of benzene rings is 1. The Balaban J connectivity index is 2.53. The van der Waals surface area contributed by atoms with Gasteiger partial charge in [0.15, 0.2) is 6.61 Å². The average Bonchev–Trinajstić information content (AvgIpc) is 2.31. The van der Waals surface area contributed by atoms with Gasteiger partial charge in [-0.1, -0.05) is 17.7 Å². The highest BCUT2D eigenvalue weighted by atomic mass is 35.5. The maximum Gasteiger partial charge on any atom is 0.325 e. The normalized spacial score (nSPS) is 11.7. The first-order chi connectivity index (χ1) is 8.41. The van der Waals surface area contributed by atoms with E-state index in [1.54, 1.807) is 25.1 Å². The number of rotatable bonds is 5. The zero-order chi connectivity index (χ0) is 13.7. The zero-order valence-corrected chi connectivity index (χ0v) is 10.8. The molecule has 18 heavy (non-hydrogen) atoms. The van der Waals surface area contributed by atoms with Crippen molar-refractivity contribution in [2.75, 3.05) is 6.61 Å². The fourth-order valence-corrected chi connectivity index (χ4v) is 1.40. The highest BCUT2D eigenvalue weighted by molar-refractivity contribution is 6.31. The van der Waals surface area contributed by atoms with Crippen LogP contribution >= 0.6 is 11.6 Å². The van der Waals surface area contributed by atoms with E-state index in [0.717, 1.165) is 5.56 Å². The summed E-state index contributed by atoms with van der Waals surface area (Å²) in [6, 6.07) is 4.18. The van der Waals surface area contributed by atoms with Gasteiger partial charge in [-0.2, -0.15) is 0 Å². The molecule has 0 aliphatic rings. The Morgan fingerprint density at radius 3 is 2.78 bits per heavy atom. The van der Waals surface area contributed by atoms with Gasteiger partial charge in [-0.3, -0.25) is 9.59 Å². The van der Waals surface area contributed by atoms with Gasteiger partial charge in [0.25, 0.3) is 5.91 Å². The molecule has 2 N–H and O–H groups in total. The van der Waals surface area contributed by atoms with Crippen LogP contribution in [0.25, 0.3) is 0 Å². The topological polar surface area (TPSA) is 75.6 Å². The lowest BCUT2D eigenvalue weighted by molar-refractivity contribution is -0.141. The summed E-state index contributed by atoms with van der Waals surface area (Å²) in [6.45, 7) is 2.90. The largest absolute Gasteiger partial charge is 0.483 e. The number of carboxylic acids is 1. The van der Waals surface area contributed by atoms with Crippen molar-refractivity contribution in [3.8, 4) is 5.75 Å². The molecule has 0 saturated heterocycles. The number of nitrogens with one attached hydrogen (secondary N) is 1. The molecule has 5 nitrogen and oxygen atoms in total. The summed E-state index contributed by atoms with van der Waals surface area (Å²) in [5.41, 5.74) is 0.734. The Morgan fingerprint density at radius 2 is 2.17 bits per heavy atom. The smallest absolute Gasteiger partial charge is 0.325 e. The van der Waals surface area contributed by atoms with Crippen molar-refractivity contribution in [1.82, 2.24) is 5.32 Å². The second-order valence-electron chi connectivity index (χ2n) is 3.78. The summed E-state index contributed by atoms with van der Waals surface area (Å²) < 4.78 is 5.27. The number of ether oxygens (including phenoxy) is 1. The molecule has 0 saturated carbocycles. The quantitative estimate of drug-likeness (QED) is 0.853. The molecule has 0 aliphatic heterocycles. The summed E-state index contributed by atoms with van der Waals surface area (Å²) in [7, 11) is 0. The third kappa shape index (κ3) is 3.92. The second-order valence-corrected chi connectivity index (χ2v) is 4.19. The van der Waals surface area contributed by atoms with Crippen molar-refractivity contribution in [2.24, 2.45) is 0 Å². The van der Waals surface area contributed by atoms with Crippen molar-refractivity contribution in [2.45, 2.75) is 19.9 Å². The van der Waals surface area contributed by atoms with Crippen molar-refractivity contribution in [3.63, 3.8) is 0 Å². The summed E-state index contributed by atoms with van der Waals surface area (Å²) in [5.74, 6) is -1.09. The van der Waals surface area contributed by atoms with Crippen LogP contribution in [0.1, 0.15) is 12.5 Å². The molecule has 6 heteroatoms. The van der Waals surface area contributed by atoms with Crippen LogP contribution in [-0.2, 0) is 9.59 Å². The highest BCUT2D eigenvalue weighted by Crippen LogP contribution is 2.24. The molecular weight excluding hydrogens is 258 g/mol. The predicted octanol–water partition coefficient (Wildman–Crippen LogP) is 1.62. The fourth-order valence-electron chi connectivity index (χ4n) is 1.23. The first kappa shape index (κ1) is 14.3. The maximum absolute atomic E-state index is 11.4. The van der Waals surface area contributed by atoms with E-state index in [1.165, 1.54) is 6.92 Å². The Morgan fingerprint density at radius 1 is 1.50 bits per heavy atom. The third-order valence-electron chi connectivity index (χ3n) is 2.32. The van der Waals surface area contributed by atoms with Crippen LogP contribution in [0, 0.1) is 6.92 Å². The standard InChI is InChI=1S/C12H14ClNO4/c1-7-9(13)4-3-5-10(7)18-6-11(15)14-8(2)12(16)17/h3-5,8H,6H2,1-2H3,(H,14,15)(H,16,17). The molecule has 1 amide bonds. The molecule has 1 rings (SSSR count). The van der Waals surface area contributed by atoms with Crippen LogP contribution in [0.4, 0.5) is 0 Å². The van der Waals surface area contributed by atoms with E-state index in [0.29, 0.717) is 10.8 Å². The number of aliphatic carboxylic acids is 1. The van der Waals surface area contributed by atoms with Crippen LogP contribution < -0.4 is 10.1 Å². The van der Waals surface area contributed by atoms with Gasteiger partial charge in [-0.25, -0.2) is 0 Å². The molecule has 1 unspecified atom stereocenters. The van der Waals surface area contributed by atoms with E-state index in [9.17, 15) is 9.59 Å². The minimum Gasteiger partial charge on any atom is -0.483 e. The van der Waals surface area contributed by atoms with Gasteiger partial charge < -0.3 is 15.2 Å². The number of carbonyl (C=O) groups is 2. The van der Waals surface area contributed by atoms with E-state index >= 15 is 0 Å². The maximum atomic E-state index is 11.4. The number of carboxylic acid groups (broad SMARTS) is 1. The number of hydrogen-bond donors (Lipinski definition) is 2. The molecule has 0 aromatic heterocycles. The van der Waals surface area contributed by atoms with Crippen LogP contribution in [0.2, 0.25) is 5.02 Å². The van der Waals surface area contributed by atoms with Gasteiger partial charge in [0.1, 0.15) is 11.8 Å². The molecular formula is C12H14ClNO4. The number of hydrogen-bond acceptors (Lipinski definition) is 3. The van der Waals surface area contributed by atoms with E-state index in [4.69, 9.17) is 21.4 Å². The van der Waals surface area contributed by atoms with E-state index in [1.807, 2.05) is 0 Å². The molecule has 1 aromatic carbocycles. The first-order valence-electron chi connectivity index (χ1n) is 5.32. The lowest BCUT2D eigenvalue weighted by Crippen LogP contribution is -2.40. The van der Waals surface area contributed by atoms with Crippen molar-refractivity contribution >= 4 is 23.5 Å². The number of halogens is 1. The monoisotopic (exact) mass is 271 g/mol. The molecule has 0 spiro atoms. The lowest BCUT2D eigenvalue weighted by Gasteiger charge is -2.12. The van der Waals surface area contributed by atoms with E-state index < -0.39 is 17.9 Å². The number of amides is 1. The van der Waals surface area contributed by atoms with Gasteiger partial charge in [0.2, 0.25) is 0 Å². The van der Waals surface area contributed by atoms with Gasteiger partial charge in [-0.15, -0.1) is 0 Å². The van der Waals surface area contributed by atoms with Crippen LogP contribution in [0.3, 0.4) is 0 Å². The lowest BCUT2D eigenvalue weighted by atomic mass is 10.2. The molecule has 0 aliphatic carbocycles. The van der Waals surface area contributed by atoms with Crippen molar-refractivity contribution in [1.29, 1.82) is 0 Å². The van der Waals surface area contributed by atoms with Crippen LogP contribution in [0.5, 0.6) is 5.75 Å². The Bertz CT molecular complexity index is 461. The SMILES string of the molecule is Cc1c(Cl)cccc1OCC(=O)NC(C)C(=O)O. The van der Waals surface area contributed by atoms with Crippen molar-refractivity contribution in [3.05, 3.63) is 28.8 Å². The fraction of sp³-hybridized carbons (Fsp3) is 0.333. The summed E-state index contributed by atoms with van der Waals surface area (Å²) in [4.78, 5) is 21.9.